The van der Waals surface area contributed by atoms with Crippen LogP contribution in [0.2, 0.25) is 0 Å². The molecule has 1 fully saturated rings. The van der Waals surface area contributed by atoms with Crippen molar-refractivity contribution in [3.8, 4) is 0 Å². The second-order valence-corrected chi connectivity index (χ2v) is 4.51. The molecule has 1 aromatic rings. The molecule has 1 aromatic carbocycles. The van der Waals surface area contributed by atoms with Crippen LogP contribution in [0.4, 0.5) is 5.69 Å². The molecule has 0 aliphatic carbocycles. The highest BCUT2D eigenvalue weighted by Gasteiger charge is 2.25. The molecule has 1 atom stereocenters. The van der Waals surface area contributed by atoms with Crippen LogP contribution in [0.25, 0.3) is 0 Å². The molecule has 1 aliphatic rings. The Balaban J connectivity index is 2.31. The summed E-state index contributed by atoms with van der Waals surface area (Å²) in [5.41, 5.74) is 9.40. The Hall–Kier alpha value is -1.06. The molecule has 88 valence electrons. The highest BCUT2D eigenvalue weighted by molar-refractivity contribution is 5.56. The number of aliphatic hydroxyl groups excluding tert-OH is 1. The van der Waals surface area contributed by atoms with Gasteiger partial charge in [-0.3, -0.25) is 0 Å². The van der Waals surface area contributed by atoms with Crippen molar-refractivity contribution in [1.82, 2.24) is 0 Å². The van der Waals surface area contributed by atoms with Crippen molar-refractivity contribution in [2.24, 2.45) is 5.73 Å². The number of hydrogen-bond acceptors (Lipinski definition) is 3. The average molecular weight is 220 g/mol. The van der Waals surface area contributed by atoms with Crippen molar-refractivity contribution in [3.63, 3.8) is 0 Å². The molecule has 3 heteroatoms. The number of aryl methyl sites for hydroxylation is 1. The van der Waals surface area contributed by atoms with Crippen LogP contribution in [0.15, 0.2) is 18.2 Å². The lowest BCUT2D eigenvalue weighted by atomic mass is 10.1. The van der Waals surface area contributed by atoms with Gasteiger partial charge >= 0.3 is 0 Å². The van der Waals surface area contributed by atoms with Crippen molar-refractivity contribution in [2.45, 2.75) is 32.4 Å². The summed E-state index contributed by atoms with van der Waals surface area (Å²) in [4.78, 5) is 2.29. The second kappa shape index (κ2) is 4.85. The van der Waals surface area contributed by atoms with Gasteiger partial charge in [-0.15, -0.1) is 0 Å². The Kier molecular flexibility index (Phi) is 3.46. The van der Waals surface area contributed by atoms with Crippen molar-refractivity contribution in [3.05, 3.63) is 29.3 Å². The molecule has 16 heavy (non-hydrogen) atoms. The van der Waals surface area contributed by atoms with E-state index in [1.54, 1.807) is 0 Å². The van der Waals surface area contributed by atoms with Crippen molar-refractivity contribution < 1.29 is 5.11 Å². The molecule has 1 saturated heterocycles. The third kappa shape index (κ3) is 2.06. The standard InChI is InChI=1S/C13H20N2O/c1-10-4-5-13(11(7-10)8-14)15-6-2-3-12(15)9-16/h4-5,7,12,16H,2-3,6,8-9,14H2,1H3. The van der Waals surface area contributed by atoms with E-state index >= 15 is 0 Å². The topological polar surface area (TPSA) is 49.5 Å². The lowest BCUT2D eigenvalue weighted by Crippen LogP contribution is -2.33. The van der Waals surface area contributed by atoms with Crippen LogP contribution in [-0.4, -0.2) is 24.3 Å². The summed E-state index contributed by atoms with van der Waals surface area (Å²) < 4.78 is 0. The van der Waals surface area contributed by atoms with Crippen LogP contribution in [0.3, 0.4) is 0 Å². The van der Waals surface area contributed by atoms with E-state index in [9.17, 15) is 5.11 Å². The Labute approximate surface area is 96.9 Å². The van der Waals surface area contributed by atoms with Crippen molar-refractivity contribution in [2.75, 3.05) is 18.1 Å². The van der Waals surface area contributed by atoms with Gasteiger partial charge in [-0.1, -0.05) is 17.7 Å². The zero-order chi connectivity index (χ0) is 11.5. The Morgan fingerprint density at radius 3 is 3.00 bits per heavy atom. The average Bonchev–Trinajstić information content (AvgIpc) is 2.76. The van der Waals surface area contributed by atoms with Gasteiger partial charge in [-0.25, -0.2) is 0 Å². The smallest absolute Gasteiger partial charge is 0.0635 e. The fraction of sp³-hybridized carbons (Fsp3) is 0.538. The van der Waals surface area contributed by atoms with E-state index in [1.807, 2.05) is 0 Å². The van der Waals surface area contributed by atoms with E-state index in [2.05, 4.69) is 30.0 Å². The lowest BCUT2D eigenvalue weighted by Gasteiger charge is -2.27. The molecule has 0 spiro atoms. The largest absolute Gasteiger partial charge is 0.394 e. The van der Waals surface area contributed by atoms with Gasteiger partial charge in [0.15, 0.2) is 0 Å². The maximum Gasteiger partial charge on any atom is 0.0635 e. The third-order valence-electron chi connectivity index (χ3n) is 3.35. The Morgan fingerprint density at radius 2 is 2.31 bits per heavy atom. The van der Waals surface area contributed by atoms with Gasteiger partial charge in [0.2, 0.25) is 0 Å². The van der Waals surface area contributed by atoms with E-state index in [4.69, 9.17) is 5.73 Å². The molecule has 3 N–H and O–H groups in total. The summed E-state index contributed by atoms with van der Waals surface area (Å²) >= 11 is 0. The Morgan fingerprint density at radius 1 is 1.50 bits per heavy atom. The number of anilines is 1. The number of nitrogens with two attached hydrogens (primary N) is 1. The van der Waals surface area contributed by atoms with Gasteiger partial charge < -0.3 is 15.7 Å². The minimum Gasteiger partial charge on any atom is -0.394 e. The van der Waals surface area contributed by atoms with E-state index in [0.29, 0.717) is 6.54 Å². The molecular weight excluding hydrogens is 200 g/mol. The SMILES string of the molecule is Cc1ccc(N2CCCC2CO)c(CN)c1. The molecule has 0 radical (unpaired) electrons. The highest BCUT2D eigenvalue weighted by atomic mass is 16.3. The van der Waals surface area contributed by atoms with Crippen LogP contribution in [-0.2, 0) is 6.54 Å². The first kappa shape index (κ1) is 11.4. The molecule has 0 saturated carbocycles. The van der Waals surface area contributed by atoms with E-state index in [-0.39, 0.29) is 12.6 Å². The molecular formula is C13H20N2O. The number of hydrogen-bond donors (Lipinski definition) is 2. The number of benzene rings is 1. The first-order chi connectivity index (χ1) is 7.76. The first-order valence-corrected chi connectivity index (χ1v) is 5.93. The lowest BCUT2D eigenvalue weighted by molar-refractivity contribution is 0.266. The predicted molar refractivity (Wildman–Crippen MR) is 66.5 cm³/mol. The van der Waals surface area contributed by atoms with Gasteiger partial charge in [0.1, 0.15) is 0 Å². The molecule has 1 aliphatic heterocycles. The third-order valence-corrected chi connectivity index (χ3v) is 3.35. The monoisotopic (exact) mass is 220 g/mol. The van der Waals surface area contributed by atoms with Gasteiger partial charge in [0.05, 0.1) is 12.6 Å². The maximum absolute atomic E-state index is 9.34. The highest BCUT2D eigenvalue weighted by Crippen LogP contribution is 2.29. The molecule has 1 heterocycles. The number of nitrogens with zero attached hydrogens (tertiary/aromatic N) is 1. The zero-order valence-corrected chi connectivity index (χ0v) is 9.82. The van der Waals surface area contributed by atoms with Crippen LogP contribution in [0.1, 0.15) is 24.0 Å². The summed E-state index contributed by atoms with van der Waals surface area (Å²) in [5, 5.41) is 9.34. The van der Waals surface area contributed by atoms with Crippen LogP contribution in [0.5, 0.6) is 0 Å². The van der Waals surface area contributed by atoms with E-state index < -0.39 is 0 Å². The molecule has 0 aromatic heterocycles. The van der Waals surface area contributed by atoms with Crippen LogP contribution < -0.4 is 10.6 Å². The minimum atomic E-state index is 0.234. The zero-order valence-electron chi connectivity index (χ0n) is 9.82. The molecule has 1 unspecified atom stereocenters. The van der Waals surface area contributed by atoms with Crippen molar-refractivity contribution >= 4 is 5.69 Å². The summed E-state index contributed by atoms with van der Waals surface area (Å²) in [6, 6.07) is 6.66. The number of aliphatic hydroxyl groups is 1. The van der Waals surface area contributed by atoms with Gasteiger partial charge in [0.25, 0.3) is 0 Å². The Bertz CT molecular complexity index is 365. The van der Waals surface area contributed by atoms with Crippen LogP contribution in [0, 0.1) is 6.92 Å². The normalized spacial score (nSPS) is 20.4. The van der Waals surface area contributed by atoms with Gasteiger partial charge in [0, 0.05) is 18.8 Å². The first-order valence-electron chi connectivity index (χ1n) is 5.93. The second-order valence-electron chi connectivity index (χ2n) is 4.51. The summed E-state index contributed by atoms with van der Waals surface area (Å²) in [5.74, 6) is 0. The maximum atomic E-state index is 9.34. The summed E-state index contributed by atoms with van der Waals surface area (Å²) in [6.45, 7) is 3.90. The van der Waals surface area contributed by atoms with Crippen molar-refractivity contribution in [1.29, 1.82) is 0 Å². The minimum absolute atomic E-state index is 0.234. The summed E-state index contributed by atoms with van der Waals surface area (Å²) in [7, 11) is 0. The molecule has 2 rings (SSSR count). The summed E-state index contributed by atoms with van der Waals surface area (Å²) in [6.07, 6.45) is 2.23. The predicted octanol–water partition coefficient (Wildman–Crippen LogP) is 1.41. The van der Waals surface area contributed by atoms with Gasteiger partial charge in [-0.05, 0) is 31.4 Å². The quantitative estimate of drug-likeness (QED) is 0.810. The van der Waals surface area contributed by atoms with E-state index in [0.717, 1.165) is 19.4 Å². The van der Waals surface area contributed by atoms with E-state index in [1.165, 1.54) is 16.8 Å². The number of rotatable bonds is 3. The molecule has 0 bridgehead atoms. The van der Waals surface area contributed by atoms with Crippen LogP contribution >= 0.6 is 0 Å². The molecule has 3 nitrogen and oxygen atoms in total. The van der Waals surface area contributed by atoms with Gasteiger partial charge in [-0.2, -0.15) is 0 Å². The fourth-order valence-electron chi connectivity index (χ4n) is 2.50. The fourth-order valence-corrected chi connectivity index (χ4v) is 2.50. The molecule has 0 amide bonds.